The zero-order chi connectivity index (χ0) is 11.4. The van der Waals surface area contributed by atoms with Crippen LogP contribution in [0.2, 0.25) is 0 Å². The zero-order valence-electron chi connectivity index (χ0n) is 10.2. The molecule has 4 rings (SSSR count). The van der Waals surface area contributed by atoms with Crippen molar-refractivity contribution in [3.63, 3.8) is 0 Å². The minimum absolute atomic E-state index is 0.0644. The highest BCUT2D eigenvalue weighted by atomic mass is 35.5. The van der Waals surface area contributed by atoms with E-state index >= 15 is 0 Å². The summed E-state index contributed by atoms with van der Waals surface area (Å²) in [5.74, 6) is 0.822. The number of unbranched alkanes of at least 4 members (excludes halogenated alkanes) is 1. The van der Waals surface area contributed by atoms with Crippen LogP contribution in [0.4, 0.5) is 0 Å². The molecule has 4 saturated carbocycles. The molecule has 4 fully saturated rings. The van der Waals surface area contributed by atoms with Gasteiger partial charge in [0.2, 0.25) is 0 Å². The maximum absolute atomic E-state index is 6.80. The van der Waals surface area contributed by atoms with Crippen LogP contribution in [0, 0.1) is 11.3 Å². The molecule has 4 aliphatic rings. The highest BCUT2D eigenvalue weighted by Gasteiger charge is 2.61. The van der Waals surface area contributed by atoms with Crippen LogP contribution in [0.25, 0.3) is 0 Å². The fourth-order valence-electron chi connectivity index (χ4n) is 5.23. The Balaban J connectivity index is 1.86. The molecule has 4 bridgehead atoms. The molecule has 0 radical (unpaired) electrons. The molecule has 0 saturated heterocycles. The average molecular weight is 261 g/mol. The van der Waals surface area contributed by atoms with E-state index in [2.05, 4.69) is 6.92 Å². The lowest BCUT2D eigenvalue weighted by molar-refractivity contribution is -0.0336. The third kappa shape index (κ3) is 1.81. The zero-order valence-corrected chi connectivity index (χ0v) is 11.7. The van der Waals surface area contributed by atoms with Gasteiger partial charge in [0, 0.05) is 9.75 Å². The minimum Gasteiger partial charge on any atom is -0.119 e. The van der Waals surface area contributed by atoms with Crippen molar-refractivity contribution in [1.29, 1.82) is 0 Å². The molecular weight excluding hydrogens is 239 g/mol. The number of rotatable bonds is 3. The fraction of sp³-hybridized carbons (Fsp3) is 1.00. The Morgan fingerprint density at radius 1 is 1.00 bits per heavy atom. The predicted molar refractivity (Wildman–Crippen MR) is 70.3 cm³/mol. The summed E-state index contributed by atoms with van der Waals surface area (Å²) in [6.07, 6.45) is 11.4. The van der Waals surface area contributed by atoms with Crippen molar-refractivity contribution in [2.45, 2.75) is 74.5 Å². The van der Waals surface area contributed by atoms with Gasteiger partial charge in [-0.05, 0) is 56.3 Å². The Labute approximate surface area is 109 Å². The molecule has 0 nitrogen and oxygen atoms in total. The van der Waals surface area contributed by atoms with Gasteiger partial charge in [-0.25, -0.2) is 0 Å². The maximum Gasteiger partial charge on any atom is 0.0471 e. The lowest BCUT2D eigenvalue weighted by atomic mass is 9.48. The monoisotopic (exact) mass is 260 g/mol. The van der Waals surface area contributed by atoms with Crippen molar-refractivity contribution in [3.8, 4) is 0 Å². The van der Waals surface area contributed by atoms with Crippen LogP contribution in [0.15, 0.2) is 0 Å². The summed E-state index contributed by atoms with van der Waals surface area (Å²) in [5.41, 5.74) is 0.513. The first-order chi connectivity index (χ1) is 7.47. The lowest BCUT2D eigenvalue weighted by Crippen LogP contribution is -2.59. The number of hydrogen-bond donors (Lipinski definition) is 0. The topological polar surface area (TPSA) is 0 Å². The van der Waals surface area contributed by atoms with Crippen LogP contribution < -0.4 is 0 Å². The van der Waals surface area contributed by atoms with Crippen molar-refractivity contribution in [1.82, 2.24) is 0 Å². The fourth-order valence-corrected chi connectivity index (χ4v) is 6.81. The van der Waals surface area contributed by atoms with E-state index in [0.717, 1.165) is 12.3 Å². The smallest absolute Gasteiger partial charge is 0.0471 e. The van der Waals surface area contributed by atoms with E-state index in [1.165, 1.54) is 51.4 Å². The summed E-state index contributed by atoms with van der Waals surface area (Å²) in [4.78, 5) is 0.129. The summed E-state index contributed by atoms with van der Waals surface area (Å²) >= 11 is 13.6. The van der Waals surface area contributed by atoms with E-state index in [4.69, 9.17) is 23.2 Å². The number of halogens is 2. The Kier molecular flexibility index (Phi) is 2.58. The molecule has 0 aliphatic heterocycles. The number of alkyl halides is 2. The molecule has 0 heterocycles. The number of hydrogen-bond acceptors (Lipinski definition) is 0. The van der Waals surface area contributed by atoms with Crippen molar-refractivity contribution in [2.24, 2.45) is 11.3 Å². The molecule has 0 aromatic carbocycles. The van der Waals surface area contributed by atoms with Crippen LogP contribution in [-0.4, -0.2) is 9.75 Å². The predicted octanol–water partition coefficient (Wildman–Crippen LogP) is 5.12. The van der Waals surface area contributed by atoms with Crippen molar-refractivity contribution in [3.05, 3.63) is 0 Å². The standard InChI is InChI=1S/C14H22Cl2/c1-2-3-4-12-5-11-6-13(15,8-12)10-14(16,7-11)9-12/h11H,2-10H2,1H3. The van der Waals surface area contributed by atoms with Crippen LogP contribution in [-0.2, 0) is 0 Å². The Hall–Kier alpha value is 0.580. The second-order valence-electron chi connectivity index (χ2n) is 6.91. The average Bonchev–Trinajstić information content (AvgIpc) is 2.08. The van der Waals surface area contributed by atoms with Gasteiger partial charge in [0.25, 0.3) is 0 Å². The normalized spacial score (nSPS) is 54.6. The molecule has 2 atom stereocenters. The molecule has 0 aromatic heterocycles. The molecule has 2 unspecified atom stereocenters. The van der Waals surface area contributed by atoms with Gasteiger partial charge in [-0.3, -0.25) is 0 Å². The van der Waals surface area contributed by atoms with Crippen molar-refractivity contribution < 1.29 is 0 Å². The molecule has 0 aromatic rings. The second-order valence-corrected chi connectivity index (χ2v) is 8.52. The Bertz CT molecular complexity index is 281. The second kappa shape index (κ2) is 3.54. The quantitative estimate of drug-likeness (QED) is 0.619. The van der Waals surface area contributed by atoms with Crippen molar-refractivity contribution in [2.75, 3.05) is 0 Å². The summed E-state index contributed by atoms with van der Waals surface area (Å²) < 4.78 is 0. The third-order valence-corrected chi connectivity index (χ3v) is 5.95. The van der Waals surface area contributed by atoms with Gasteiger partial charge < -0.3 is 0 Å². The first kappa shape index (κ1) is 11.7. The first-order valence-electron chi connectivity index (χ1n) is 6.85. The molecule has 0 amide bonds. The highest BCUT2D eigenvalue weighted by Crippen LogP contribution is 2.68. The molecular formula is C14H22Cl2. The van der Waals surface area contributed by atoms with Gasteiger partial charge >= 0.3 is 0 Å². The molecule has 2 heteroatoms. The lowest BCUT2D eigenvalue weighted by Gasteiger charge is -2.63. The van der Waals surface area contributed by atoms with E-state index in [1.807, 2.05) is 0 Å². The van der Waals surface area contributed by atoms with E-state index in [1.54, 1.807) is 0 Å². The molecule has 0 N–H and O–H groups in total. The van der Waals surface area contributed by atoms with Gasteiger partial charge in [-0.2, -0.15) is 0 Å². The molecule has 92 valence electrons. The Morgan fingerprint density at radius 2 is 1.62 bits per heavy atom. The molecule has 0 spiro atoms. The van der Waals surface area contributed by atoms with Gasteiger partial charge in [0.05, 0.1) is 0 Å². The van der Waals surface area contributed by atoms with Gasteiger partial charge in [0.15, 0.2) is 0 Å². The van der Waals surface area contributed by atoms with Crippen LogP contribution in [0.3, 0.4) is 0 Å². The van der Waals surface area contributed by atoms with Crippen molar-refractivity contribution >= 4 is 23.2 Å². The van der Waals surface area contributed by atoms with Crippen LogP contribution >= 0.6 is 23.2 Å². The van der Waals surface area contributed by atoms with Crippen LogP contribution in [0.5, 0.6) is 0 Å². The third-order valence-electron chi connectivity index (χ3n) is 5.11. The SMILES string of the molecule is CCCCC12CC3CC(Cl)(CC(Cl)(C3)C1)C2. The van der Waals surface area contributed by atoms with E-state index < -0.39 is 0 Å². The Morgan fingerprint density at radius 3 is 2.12 bits per heavy atom. The van der Waals surface area contributed by atoms with E-state index in [9.17, 15) is 0 Å². The summed E-state index contributed by atoms with van der Waals surface area (Å²) in [6, 6.07) is 0. The van der Waals surface area contributed by atoms with E-state index in [-0.39, 0.29) is 9.75 Å². The summed E-state index contributed by atoms with van der Waals surface area (Å²) in [7, 11) is 0. The first-order valence-corrected chi connectivity index (χ1v) is 7.60. The largest absolute Gasteiger partial charge is 0.119 e. The maximum atomic E-state index is 6.80. The molecule has 16 heavy (non-hydrogen) atoms. The molecule has 4 aliphatic carbocycles. The summed E-state index contributed by atoms with van der Waals surface area (Å²) in [6.45, 7) is 2.29. The van der Waals surface area contributed by atoms with Gasteiger partial charge in [0.1, 0.15) is 0 Å². The minimum atomic E-state index is 0.0644. The van der Waals surface area contributed by atoms with Gasteiger partial charge in [-0.15, -0.1) is 23.2 Å². The van der Waals surface area contributed by atoms with E-state index in [0.29, 0.717) is 5.41 Å². The van der Waals surface area contributed by atoms with Crippen LogP contribution in [0.1, 0.15) is 64.7 Å². The summed E-state index contributed by atoms with van der Waals surface area (Å²) in [5, 5.41) is 0. The van der Waals surface area contributed by atoms with Gasteiger partial charge in [-0.1, -0.05) is 19.8 Å². The highest BCUT2D eigenvalue weighted by molar-refractivity contribution is 6.28.